The summed E-state index contributed by atoms with van der Waals surface area (Å²) in [6.07, 6.45) is 2.18. The van der Waals surface area contributed by atoms with E-state index in [2.05, 4.69) is 27.3 Å². The minimum atomic E-state index is 0.416. The van der Waals surface area contributed by atoms with E-state index in [0.29, 0.717) is 12.1 Å². The van der Waals surface area contributed by atoms with Gasteiger partial charge in [-0.05, 0) is 42.7 Å². The van der Waals surface area contributed by atoms with E-state index in [1.165, 1.54) is 5.56 Å². The van der Waals surface area contributed by atoms with Gasteiger partial charge in [0.1, 0.15) is 5.52 Å². The molecule has 1 N–H and O–H groups in total. The van der Waals surface area contributed by atoms with Gasteiger partial charge in [-0.1, -0.05) is 35.9 Å². The van der Waals surface area contributed by atoms with Crippen LogP contribution in [-0.4, -0.2) is 29.0 Å². The van der Waals surface area contributed by atoms with E-state index < -0.39 is 0 Å². The number of nitrogens with zero attached hydrogens (tertiary/aromatic N) is 2. The predicted octanol–water partition coefficient (Wildman–Crippen LogP) is 4.56. The average Bonchev–Trinajstić information content (AvgIpc) is 3.01. The lowest BCUT2D eigenvalue weighted by atomic mass is 10.0. The fourth-order valence-corrected chi connectivity index (χ4v) is 3.32. The Kier molecular flexibility index (Phi) is 4.41. The number of hydrogen-bond acceptors (Lipinski definition) is 4. The molecular weight excluding hydrogens is 322 g/mol. The molecule has 0 aliphatic carbocycles. The molecule has 0 atom stereocenters. The van der Waals surface area contributed by atoms with Gasteiger partial charge in [0.25, 0.3) is 6.01 Å². The molecule has 2 heterocycles. The third-order valence-corrected chi connectivity index (χ3v) is 4.78. The lowest BCUT2D eigenvalue weighted by molar-refractivity contribution is 0.210. The molecule has 0 spiro atoms. The van der Waals surface area contributed by atoms with Crippen LogP contribution in [0.2, 0.25) is 5.02 Å². The topological polar surface area (TPSA) is 41.3 Å². The zero-order valence-electron chi connectivity index (χ0n) is 13.4. The van der Waals surface area contributed by atoms with Crippen LogP contribution in [0.3, 0.4) is 0 Å². The highest BCUT2D eigenvalue weighted by Gasteiger charge is 2.20. The maximum absolute atomic E-state index is 5.94. The third-order valence-electron chi connectivity index (χ3n) is 4.53. The van der Waals surface area contributed by atoms with Gasteiger partial charge < -0.3 is 9.73 Å². The highest BCUT2D eigenvalue weighted by molar-refractivity contribution is 6.30. The molecule has 1 aliphatic heterocycles. The van der Waals surface area contributed by atoms with E-state index in [1.807, 2.05) is 36.4 Å². The molecule has 0 saturated carbocycles. The first-order valence-electron chi connectivity index (χ1n) is 8.35. The Bertz CT molecular complexity index is 774. The van der Waals surface area contributed by atoms with Gasteiger partial charge in [0.2, 0.25) is 0 Å². The Labute approximate surface area is 146 Å². The number of piperidine rings is 1. The average molecular weight is 342 g/mol. The molecule has 24 heavy (non-hydrogen) atoms. The van der Waals surface area contributed by atoms with Crippen molar-refractivity contribution in [3.8, 4) is 0 Å². The van der Waals surface area contributed by atoms with Gasteiger partial charge >= 0.3 is 0 Å². The van der Waals surface area contributed by atoms with Crippen LogP contribution < -0.4 is 5.32 Å². The van der Waals surface area contributed by atoms with E-state index in [-0.39, 0.29) is 0 Å². The molecule has 0 radical (unpaired) electrons. The number of hydrogen-bond donors (Lipinski definition) is 1. The number of rotatable bonds is 4. The number of likely N-dealkylation sites (tertiary alicyclic amines) is 1. The number of halogens is 1. The Hall–Kier alpha value is -2.04. The van der Waals surface area contributed by atoms with Crippen molar-refractivity contribution in [3.05, 3.63) is 59.1 Å². The number of aromatic nitrogens is 1. The van der Waals surface area contributed by atoms with Crippen LogP contribution in [0.15, 0.2) is 52.9 Å². The van der Waals surface area contributed by atoms with Crippen molar-refractivity contribution in [2.24, 2.45) is 0 Å². The quantitative estimate of drug-likeness (QED) is 0.755. The fraction of sp³-hybridized carbons (Fsp3) is 0.316. The summed E-state index contributed by atoms with van der Waals surface area (Å²) in [7, 11) is 0. The molecular formula is C19H20ClN3O. The molecule has 2 aromatic carbocycles. The summed E-state index contributed by atoms with van der Waals surface area (Å²) in [6.45, 7) is 3.12. The third kappa shape index (κ3) is 3.55. The SMILES string of the molecule is Clc1ccc(CN2CCC(Nc3nc4ccccc4o3)CC2)cc1. The summed E-state index contributed by atoms with van der Waals surface area (Å²) in [5.74, 6) is 0. The molecule has 0 amide bonds. The van der Waals surface area contributed by atoms with Crippen molar-refractivity contribution in [2.45, 2.75) is 25.4 Å². The molecule has 124 valence electrons. The molecule has 1 aromatic heterocycles. The molecule has 1 aliphatic rings. The number of benzene rings is 2. The zero-order valence-corrected chi connectivity index (χ0v) is 14.2. The van der Waals surface area contributed by atoms with Gasteiger partial charge in [-0.3, -0.25) is 4.90 Å². The van der Waals surface area contributed by atoms with E-state index >= 15 is 0 Å². The largest absolute Gasteiger partial charge is 0.424 e. The summed E-state index contributed by atoms with van der Waals surface area (Å²) in [4.78, 5) is 6.98. The second kappa shape index (κ2) is 6.83. The van der Waals surface area contributed by atoms with Gasteiger partial charge in [-0.2, -0.15) is 4.98 Å². The molecule has 1 fully saturated rings. The van der Waals surface area contributed by atoms with Gasteiger partial charge in [0.15, 0.2) is 5.58 Å². The Morgan fingerprint density at radius 1 is 1.08 bits per heavy atom. The maximum atomic E-state index is 5.94. The van der Waals surface area contributed by atoms with Crippen LogP contribution in [0.1, 0.15) is 18.4 Å². The summed E-state index contributed by atoms with van der Waals surface area (Å²) in [5, 5.41) is 4.23. The maximum Gasteiger partial charge on any atom is 0.295 e. The predicted molar refractivity (Wildman–Crippen MR) is 97.4 cm³/mol. The van der Waals surface area contributed by atoms with Crippen LogP contribution in [0, 0.1) is 0 Å². The first kappa shape index (κ1) is 15.5. The molecule has 4 nitrogen and oxygen atoms in total. The van der Waals surface area contributed by atoms with Gasteiger partial charge in [-0.25, -0.2) is 0 Å². The van der Waals surface area contributed by atoms with Crippen molar-refractivity contribution in [2.75, 3.05) is 18.4 Å². The number of para-hydroxylation sites is 2. The molecule has 4 rings (SSSR count). The van der Waals surface area contributed by atoms with Crippen molar-refractivity contribution in [1.29, 1.82) is 0 Å². The fourth-order valence-electron chi connectivity index (χ4n) is 3.19. The number of anilines is 1. The lowest BCUT2D eigenvalue weighted by Gasteiger charge is -2.32. The zero-order chi connectivity index (χ0) is 16.4. The first-order valence-corrected chi connectivity index (χ1v) is 8.73. The van der Waals surface area contributed by atoms with Crippen LogP contribution >= 0.6 is 11.6 Å². The highest BCUT2D eigenvalue weighted by Crippen LogP contribution is 2.22. The van der Waals surface area contributed by atoms with E-state index in [0.717, 1.165) is 48.6 Å². The molecule has 1 saturated heterocycles. The molecule has 5 heteroatoms. The van der Waals surface area contributed by atoms with E-state index in [1.54, 1.807) is 0 Å². The Balaban J connectivity index is 1.31. The van der Waals surface area contributed by atoms with E-state index in [9.17, 15) is 0 Å². The summed E-state index contributed by atoms with van der Waals surface area (Å²) in [6, 6.07) is 17.0. The Morgan fingerprint density at radius 2 is 1.83 bits per heavy atom. The first-order chi connectivity index (χ1) is 11.8. The highest BCUT2D eigenvalue weighted by atomic mass is 35.5. The number of nitrogens with one attached hydrogen (secondary N) is 1. The summed E-state index contributed by atoms with van der Waals surface area (Å²) in [5.41, 5.74) is 3.05. The van der Waals surface area contributed by atoms with Crippen LogP contribution in [0.25, 0.3) is 11.1 Å². The van der Waals surface area contributed by atoms with E-state index in [4.69, 9.17) is 16.0 Å². The minimum absolute atomic E-state index is 0.416. The van der Waals surface area contributed by atoms with Gasteiger partial charge in [0, 0.05) is 30.7 Å². The molecule has 0 bridgehead atoms. The standard InChI is InChI=1S/C19H20ClN3O/c20-15-7-5-14(6-8-15)13-23-11-9-16(10-12-23)21-19-22-17-3-1-2-4-18(17)24-19/h1-8,16H,9-13H2,(H,21,22). The smallest absolute Gasteiger partial charge is 0.295 e. The molecule has 0 unspecified atom stereocenters. The second-order valence-electron chi connectivity index (χ2n) is 6.31. The number of fused-ring (bicyclic) bond motifs is 1. The minimum Gasteiger partial charge on any atom is -0.424 e. The van der Waals surface area contributed by atoms with Crippen LogP contribution in [-0.2, 0) is 6.54 Å². The lowest BCUT2D eigenvalue weighted by Crippen LogP contribution is -2.38. The van der Waals surface area contributed by atoms with Crippen LogP contribution in [0.5, 0.6) is 0 Å². The molecule has 3 aromatic rings. The Morgan fingerprint density at radius 3 is 2.58 bits per heavy atom. The van der Waals surface area contributed by atoms with Crippen molar-refractivity contribution < 1.29 is 4.42 Å². The van der Waals surface area contributed by atoms with Crippen molar-refractivity contribution in [3.63, 3.8) is 0 Å². The van der Waals surface area contributed by atoms with Crippen LogP contribution in [0.4, 0.5) is 6.01 Å². The van der Waals surface area contributed by atoms with Gasteiger partial charge in [0.05, 0.1) is 0 Å². The van der Waals surface area contributed by atoms with Crippen molar-refractivity contribution in [1.82, 2.24) is 9.88 Å². The normalized spacial score (nSPS) is 16.5. The second-order valence-corrected chi connectivity index (χ2v) is 6.74. The monoisotopic (exact) mass is 341 g/mol. The summed E-state index contributed by atoms with van der Waals surface area (Å²) < 4.78 is 5.76. The van der Waals surface area contributed by atoms with Gasteiger partial charge in [-0.15, -0.1) is 0 Å². The number of oxazole rings is 1. The summed E-state index contributed by atoms with van der Waals surface area (Å²) >= 11 is 5.94. The van der Waals surface area contributed by atoms with Crippen molar-refractivity contribution >= 4 is 28.7 Å².